The maximum atomic E-state index is 13.5. The Balaban J connectivity index is 0.00000272. The van der Waals surface area contributed by atoms with Crippen molar-refractivity contribution < 1.29 is 14.3 Å². The second-order valence-corrected chi connectivity index (χ2v) is 8.51. The summed E-state index contributed by atoms with van der Waals surface area (Å²) in [5.41, 5.74) is 3.74. The highest BCUT2D eigenvalue weighted by Crippen LogP contribution is 2.36. The zero-order valence-corrected chi connectivity index (χ0v) is 19.7. The Labute approximate surface area is 193 Å². The molecule has 1 aliphatic rings. The summed E-state index contributed by atoms with van der Waals surface area (Å²) >= 11 is 1.55. The van der Waals surface area contributed by atoms with Crippen molar-refractivity contribution in [2.75, 3.05) is 51.4 Å². The molecule has 0 radical (unpaired) electrons. The lowest BCUT2D eigenvalue weighted by molar-refractivity contribution is 0.0391. The molecule has 166 valence electrons. The van der Waals surface area contributed by atoms with E-state index in [4.69, 9.17) is 14.5 Å². The summed E-state index contributed by atoms with van der Waals surface area (Å²) < 4.78 is 12.0. The van der Waals surface area contributed by atoms with Crippen LogP contribution in [-0.4, -0.2) is 62.3 Å². The smallest absolute Gasteiger partial charge is 0.260 e. The van der Waals surface area contributed by atoms with Crippen molar-refractivity contribution in [3.63, 3.8) is 0 Å². The second-order valence-electron chi connectivity index (χ2n) is 7.54. The molecule has 0 N–H and O–H groups in total. The number of aromatic nitrogens is 1. The number of rotatable bonds is 6. The molecule has 2 aromatic carbocycles. The van der Waals surface area contributed by atoms with Gasteiger partial charge in [-0.2, -0.15) is 0 Å². The molecule has 1 fully saturated rings. The average Bonchev–Trinajstić information content (AvgIpc) is 3.21. The number of aryl methyl sites for hydroxylation is 2. The van der Waals surface area contributed by atoms with E-state index in [2.05, 4.69) is 11.8 Å². The number of amides is 1. The van der Waals surface area contributed by atoms with E-state index in [-0.39, 0.29) is 18.3 Å². The highest BCUT2D eigenvalue weighted by molar-refractivity contribution is 7.22. The van der Waals surface area contributed by atoms with Gasteiger partial charge in [-0.1, -0.05) is 35.1 Å². The lowest BCUT2D eigenvalue weighted by atomic mass is 10.1. The number of ether oxygens (including phenoxy) is 2. The largest absolute Gasteiger partial charge is 0.494 e. The predicted octanol–water partition coefficient (Wildman–Crippen LogP) is 4.32. The molecule has 6 nitrogen and oxygen atoms in total. The van der Waals surface area contributed by atoms with Crippen molar-refractivity contribution in [2.24, 2.45) is 0 Å². The summed E-state index contributed by atoms with van der Waals surface area (Å²) in [5.74, 6) is 0.702. The van der Waals surface area contributed by atoms with Crippen molar-refractivity contribution in [1.82, 2.24) is 9.88 Å². The molecule has 3 aromatic rings. The number of thiazole rings is 1. The molecule has 31 heavy (non-hydrogen) atoms. The summed E-state index contributed by atoms with van der Waals surface area (Å²) in [5, 5.41) is 0.705. The van der Waals surface area contributed by atoms with Gasteiger partial charge in [-0.3, -0.25) is 14.6 Å². The van der Waals surface area contributed by atoms with Crippen molar-refractivity contribution >= 4 is 45.0 Å². The van der Waals surface area contributed by atoms with Crippen molar-refractivity contribution in [3.8, 4) is 5.75 Å². The summed E-state index contributed by atoms with van der Waals surface area (Å²) in [6, 6.07) is 11.7. The van der Waals surface area contributed by atoms with Crippen molar-refractivity contribution in [3.05, 3.63) is 53.1 Å². The standard InChI is InChI=1S/C23H27N3O3S.ClH/c1-16-4-7-18(8-5-16)22(27)26(11-10-25-12-14-29-15-13-25)23-24-20-19(28-3)9-6-17(2)21(20)30-23;/h4-9H,10-15H2,1-3H3;1H. The number of anilines is 1. The predicted molar refractivity (Wildman–Crippen MR) is 128 cm³/mol. The van der Waals surface area contributed by atoms with Crippen LogP contribution in [0.2, 0.25) is 0 Å². The van der Waals surface area contributed by atoms with Crippen LogP contribution < -0.4 is 9.64 Å². The Morgan fingerprint density at radius 1 is 1.16 bits per heavy atom. The van der Waals surface area contributed by atoms with Gasteiger partial charge >= 0.3 is 0 Å². The number of benzene rings is 2. The first-order chi connectivity index (χ1) is 14.6. The van der Waals surface area contributed by atoms with Gasteiger partial charge in [-0.25, -0.2) is 4.98 Å². The summed E-state index contributed by atoms with van der Waals surface area (Å²) in [6.07, 6.45) is 0. The number of nitrogens with zero attached hydrogens (tertiary/aromatic N) is 3. The molecule has 2 heterocycles. The zero-order valence-electron chi connectivity index (χ0n) is 18.1. The molecule has 0 bridgehead atoms. The van der Waals surface area contributed by atoms with E-state index in [0.717, 1.165) is 59.9 Å². The van der Waals surface area contributed by atoms with Crippen molar-refractivity contribution in [1.29, 1.82) is 0 Å². The third-order valence-electron chi connectivity index (χ3n) is 5.43. The first-order valence-electron chi connectivity index (χ1n) is 10.2. The van der Waals surface area contributed by atoms with Gasteiger partial charge in [0, 0.05) is 31.7 Å². The molecule has 1 amide bonds. The lowest BCUT2D eigenvalue weighted by Gasteiger charge is -2.29. The highest BCUT2D eigenvalue weighted by Gasteiger charge is 2.24. The maximum Gasteiger partial charge on any atom is 0.260 e. The van der Waals surface area contributed by atoms with E-state index in [1.54, 1.807) is 18.4 Å². The lowest BCUT2D eigenvalue weighted by Crippen LogP contribution is -2.43. The summed E-state index contributed by atoms with van der Waals surface area (Å²) in [6.45, 7) is 8.70. The Hall–Kier alpha value is -2.19. The zero-order chi connectivity index (χ0) is 21.1. The molecule has 0 saturated carbocycles. The minimum Gasteiger partial charge on any atom is -0.494 e. The van der Waals surface area contributed by atoms with E-state index in [0.29, 0.717) is 17.2 Å². The number of hydrogen-bond acceptors (Lipinski definition) is 6. The molecule has 1 aromatic heterocycles. The van der Waals surface area contributed by atoms with Crippen LogP contribution in [0.3, 0.4) is 0 Å². The third-order valence-corrected chi connectivity index (χ3v) is 6.64. The maximum absolute atomic E-state index is 13.5. The van der Waals surface area contributed by atoms with Gasteiger partial charge in [0.2, 0.25) is 0 Å². The quantitative estimate of drug-likeness (QED) is 0.547. The molecule has 0 spiro atoms. The van der Waals surface area contributed by atoms with Gasteiger partial charge in [-0.05, 0) is 37.6 Å². The monoisotopic (exact) mass is 461 g/mol. The van der Waals surface area contributed by atoms with Gasteiger partial charge in [0.1, 0.15) is 11.3 Å². The molecule has 0 aliphatic carbocycles. The molecule has 0 atom stereocenters. The van der Waals surface area contributed by atoms with Gasteiger partial charge in [0.25, 0.3) is 5.91 Å². The van der Waals surface area contributed by atoms with E-state index in [1.165, 1.54) is 0 Å². The van der Waals surface area contributed by atoms with Crippen LogP contribution in [0.1, 0.15) is 21.5 Å². The molecule has 0 unspecified atom stereocenters. The number of morpholine rings is 1. The number of carbonyl (C=O) groups excluding carboxylic acids is 1. The van der Waals surface area contributed by atoms with Gasteiger partial charge in [0.05, 0.1) is 25.0 Å². The SMILES string of the molecule is COc1ccc(C)c2sc(N(CCN3CCOCC3)C(=O)c3ccc(C)cc3)nc12.Cl. The molecule has 8 heteroatoms. The fraction of sp³-hybridized carbons (Fsp3) is 0.391. The minimum atomic E-state index is -0.0288. The second kappa shape index (κ2) is 10.4. The summed E-state index contributed by atoms with van der Waals surface area (Å²) in [4.78, 5) is 22.4. The first kappa shape index (κ1) is 23.5. The normalized spacial score (nSPS) is 14.3. The van der Waals surface area contributed by atoms with Crippen LogP contribution in [0.4, 0.5) is 5.13 Å². The van der Waals surface area contributed by atoms with E-state index in [9.17, 15) is 4.79 Å². The minimum absolute atomic E-state index is 0. The number of halogens is 1. The van der Waals surface area contributed by atoms with Crippen LogP contribution in [0, 0.1) is 13.8 Å². The van der Waals surface area contributed by atoms with Crippen LogP contribution in [-0.2, 0) is 4.74 Å². The third kappa shape index (κ3) is 5.18. The van der Waals surface area contributed by atoms with Gasteiger partial charge < -0.3 is 9.47 Å². The molecule has 1 saturated heterocycles. The fourth-order valence-electron chi connectivity index (χ4n) is 3.58. The highest BCUT2D eigenvalue weighted by atomic mass is 35.5. The molecule has 4 rings (SSSR count). The first-order valence-corrected chi connectivity index (χ1v) is 11.0. The Kier molecular flexibility index (Phi) is 7.89. The fourth-order valence-corrected chi connectivity index (χ4v) is 4.66. The van der Waals surface area contributed by atoms with E-state index < -0.39 is 0 Å². The van der Waals surface area contributed by atoms with Crippen molar-refractivity contribution in [2.45, 2.75) is 13.8 Å². The summed E-state index contributed by atoms with van der Waals surface area (Å²) in [7, 11) is 1.65. The molecule has 1 aliphatic heterocycles. The number of carbonyl (C=O) groups is 1. The number of methoxy groups -OCH3 is 1. The van der Waals surface area contributed by atoms with E-state index in [1.807, 2.05) is 48.2 Å². The van der Waals surface area contributed by atoms with Crippen LogP contribution in [0.15, 0.2) is 36.4 Å². The Morgan fingerprint density at radius 3 is 2.55 bits per heavy atom. The van der Waals surface area contributed by atoms with Gasteiger partial charge in [-0.15, -0.1) is 12.4 Å². The van der Waals surface area contributed by atoms with Crippen LogP contribution in [0.25, 0.3) is 10.2 Å². The molecular formula is C23H28ClN3O3S. The topological polar surface area (TPSA) is 54.9 Å². The molecular weight excluding hydrogens is 434 g/mol. The average molecular weight is 462 g/mol. The van der Waals surface area contributed by atoms with E-state index >= 15 is 0 Å². The Bertz CT molecular complexity index is 1030. The Morgan fingerprint density at radius 2 is 1.87 bits per heavy atom. The van der Waals surface area contributed by atoms with Crippen LogP contribution >= 0.6 is 23.7 Å². The van der Waals surface area contributed by atoms with Gasteiger partial charge in [0.15, 0.2) is 5.13 Å². The number of fused-ring (bicyclic) bond motifs is 1. The van der Waals surface area contributed by atoms with Crippen LogP contribution in [0.5, 0.6) is 5.75 Å². The number of hydrogen-bond donors (Lipinski definition) is 0.